The van der Waals surface area contributed by atoms with E-state index in [-0.39, 0.29) is 23.4 Å². The van der Waals surface area contributed by atoms with Crippen LogP contribution in [-0.4, -0.2) is 26.7 Å². The largest absolute Gasteiger partial charge is 0.503 e. The number of aliphatic hydroxyl groups is 1. The van der Waals surface area contributed by atoms with Crippen LogP contribution < -0.4 is 0 Å². The Labute approximate surface area is 159 Å². The van der Waals surface area contributed by atoms with Gasteiger partial charge in [0, 0.05) is 24.5 Å². The van der Waals surface area contributed by atoms with E-state index in [1.54, 1.807) is 30.6 Å². The van der Waals surface area contributed by atoms with Crippen LogP contribution in [0.3, 0.4) is 0 Å². The number of ketones is 1. The quantitative estimate of drug-likeness (QED) is 0.686. The van der Waals surface area contributed by atoms with Gasteiger partial charge in [-0.25, -0.2) is 4.39 Å². The molecule has 0 radical (unpaired) electrons. The minimum absolute atomic E-state index is 0.0403. The summed E-state index contributed by atoms with van der Waals surface area (Å²) in [6, 6.07) is 11.1. The Morgan fingerprint density at radius 1 is 1.14 bits per heavy atom. The van der Waals surface area contributed by atoms with Gasteiger partial charge in [0.1, 0.15) is 5.82 Å². The van der Waals surface area contributed by atoms with E-state index in [4.69, 9.17) is 4.42 Å². The molecule has 0 saturated heterocycles. The van der Waals surface area contributed by atoms with Crippen molar-refractivity contribution in [3.8, 4) is 0 Å². The lowest BCUT2D eigenvalue weighted by atomic mass is 9.94. The number of carbonyl (C=O) groups is 2. The molecule has 6 nitrogen and oxygen atoms in total. The number of amides is 1. The van der Waals surface area contributed by atoms with Gasteiger partial charge in [-0.3, -0.25) is 14.6 Å². The third-order valence-electron chi connectivity index (χ3n) is 4.60. The molecule has 4 rings (SSSR count). The summed E-state index contributed by atoms with van der Waals surface area (Å²) in [5, 5.41) is 10.5. The molecule has 1 unspecified atom stereocenters. The lowest BCUT2D eigenvalue weighted by Crippen LogP contribution is -2.31. The van der Waals surface area contributed by atoms with E-state index in [0.717, 1.165) is 5.56 Å². The van der Waals surface area contributed by atoms with Crippen molar-refractivity contribution in [1.82, 2.24) is 9.88 Å². The van der Waals surface area contributed by atoms with Crippen LogP contribution in [0.4, 0.5) is 4.39 Å². The van der Waals surface area contributed by atoms with Crippen LogP contribution in [0.1, 0.15) is 27.7 Å². The molecule has 0 fully saturated rings. The molecule has 0 saturated carbocycles. The third kappa shape index (κ3) is 2.96. The van der Waals surface area contributed by atoms with Crippen molar-refractivity contribution in [1.29, 1.82) is 0 Å². The fourth-order valence-electron chi connectivity index (χ4n) is 3.29. The van der Waals surface area contributed by atoms with E-state index >= 15 is 0 Å². The number of aliphatic hydroxyl groups excluding tert-OH is 1. The number of Topliss-reactive ketones (excluding diaryl/α,β-unsaturated/α-hetero) is 1. The fraction of sp³-hybridized carbons (Fsp3) is 0.0952. The van der Waals surface area contributed by atoms with Crippen LogP contribution in [-0.2, 0) is 11.3 Å². The van der Waals surface area contributed by atoms with Crippen LogP contribution in [0.25, 0.3) is 0 Å². The van der Waals surface area contributed by atoms with Crippen molar-refractivity contribution in [2.24, 2.45) is 0 Å². The maximum Gasteiger partial charge on any atom is 0.290 e. The molecule has 1 amide bonds. The van der Waals surface area contributed by atoms with Crippen molar-refractivity contribution in [2.45, 2.75) is 12.6 Å². The van der Waals surface area contributed by atoms with E-state index < -0.39 is 29.3 Å². The summed E-state index contributed by atoms with van der Waals surface area (Å²) in [4.78, 5) is 30.9. The smallest absolute Gasteiger partial charge is 0.290 e. The summed E-state index contributed by atoms with van der Waals surface area (Å²) in [7, 11) is 0. The summed E-state index contributed by atoms with van der Waals surface area (Å²) in [5.41, 5.74) is 0.632. The zero-order valence-electron chi connectivity index (χ0n) is 14.6. The Bertz CT molecular complexity index is 1060. The topological polar surface area (TPSA) is 83.6 Å². The minimum Gasteiger partial charge on any atom is -0.503 e. The van der Waals surface area contributed by atoms with E-state index in [0.29, 0.717) is 0 Å². The maximum atomic E-state index is 14.6. The number of furan rings is 1. The van der Waals surface area contributed by atoms with Gasteiger partial charge in [-0.1, -0.05) is 18.2 Å². The minimum atomic E-state index is -1.08. The molecule has 0 bridgehead atoms. The molecule has 28 heavy (non-hydrogen) atoms. The van der Waals surface area contributed by atoms with E-state index in [2.05, 4.69) is 4.98 Å². The maximum absolute atomic E-state index is 14.6. The molecule has 1 N–H and O–H groups in total. The van der Waals surface area contributed by atoms with Gasteiger partial charge in [-0.2, -0.15) is 0 Å². The van der Waals surface area contributed by atoms with Gasteiger partial charge in [-0.15, -0.1) is 0 Å². The number of benzene rings is 1. The highest BCUT2D eigenvalue weighted by atomic mass is 19.1. The zero-order chi connectivity index (χ0) is 19.7. The highest BCUT2D eigenvalue weighted by Crippen LogP contribution is 2.40. The summed E-state index contributed by atoms with van der Waals surface area (Å²) < 4.78 is 19.7. The molecular formula is C21H15FN2O4. The van der Waals surface area contributed by atoms with Crippen molar-refractivity contribution in [3.63, 3.8) is 0 Å². The van der Waals surface area contributed by atoms with Crippen molar-refractivity contribution >= 4 is 11.7 Å². The second-order valence-corrected chi connectivity index (χ2v) is 6.28. The average Bonchev–Trinajstić information content (AvgIpc) is 3.32. The molecule has 3 aromatic rings. The van der Waals surface area contributed by atoms with Crippen LogP contribution in [0, 0.1) is 5.82 Å². The number of halogens is 1. The number of hydrogen-bond acceptors (Lipinski definition) is 5. The molecule has 0 spiro atoms. The molecule has 1 aliphatic heterocycles. The molecule has 1 aliphatic rings. The number of hydrogen-bond donors (Lipinski definition) is 1. The highest BCUT2D eigenvalue weighted by molar-refractivity contribution is 6.15. The molecular weight excluding hydrogens is 363 g/mol. The molecule has 140 valence electrons. The number of rotatable bonds is 5. The van der Waals surface area contributed by atoms with Gasteiger partial charge < -0.3 is 14.4 Å². The molecule has 0 aliphatic carbocycles. The number of nitrogens with zero attached hydrogens (tertiary/aromatic N) is 2. The first-order chi connectivity index (χ1) is 13.6. The normalized spacial score (nSPS) is 16.7. The van der Waals surface area contributed by atoms with Crippen LogP contribution in [0.2, 0.25) is 0 Å². The third-order valence-corrected chi connectivity index (χ3v) is 4.60. The first kappa shape index (κ1) is 17.7. The van der Waals surface area contributed by atoms with Crippen LogP contribution >= 0.6 is 0 Å². The van der Waals surface area contributed by atoms with Gasteiger partial charge in [0.15, 0.2) is 11.5 Å². The monoisotopic (exact) mass is 378 g/mol. The summed E-state index contributed by atoms with van der Waals surface area (Å²) >= 11 is 0. The van der Waals surface area contributed by atoms with Gasteiger partial charge in [0.05, 0.1) is 17.9 Å². The second kappa shape index (κ2) is 7.11. The Kier molecular flexibility index (Phi) is 4.49. The summed E-state index contributed by atoms with van der Waals surface area (Å²) in [6.07, 6.45) is 4.45. The molecule has 2 aromatic heterocycles. The number of aromatic nitrogens is 1. The fourth-order valence-corrected chi connectivity index (χ4v) is 3.29. The van der Waals surface area contributed by atoms with Gasteiger partial charge in [0.25, 0.3) is 5.91 Å². The lowest BCUT2D eigenvalue weighted by Gasteiger charge is -2.27. The molecule has 3 heterocycles. The Hall–Kier alpha value is -3.74. The summed E-state index contributed by atoms with van der Waals surface area (Å²) in [6.45, 7) is 0.0688. The predicted octanol–water partition coefficient (Wildman–Crippen LogP) is 3.59. The van der Waals surface area contributed by atoms with Crippen molar-refractivity contribution in [2.75, 3.05) is 0 Å². The van der Waals surface area contributed by atoms with E-state index in [1.807, 2.05) is 0 Å². The highest BCUT2D eigenvalue weighted by Gasteiger charge is 2.45. The van der Waals surface area contributed by atoms with Crippen molar-refractivity contribution in [3.05, 3.63) is 101 Å². The first-order valence-corrected chi connectivity index (χ1v) is 8.53. The lowest BCUT2D eigenvalue weighted by molar-refractivity contribution is -0.130. The van der Waals surface area contributed by atoms with E-state index in [9.17, 15) is 19.1 Å². The van der Waals surface area contributed by atoms with Gasteiger partial charge in [-0.05, 0) is 35.9 Å². The van der Waals surface area contributed by atoms with Crippen LogP contribution in [0.15, 0.2) is 82.9 Å². The zero-order valence-corrected chi connectivity index (χ0v) is 14.6. The number of pyridine rings is 1. The Balaban J connectivity index is 1.82. The number of carbonyl (C=O) groups excluding carboxylic acids is 2. The molecule has 7 heteroatoms. The molecule has 1 atom stereocenters. The van der Waals surface area contributed by atoms with Crippen molar-refractivity contribution < 1.29 is 23.5 Å². The average molecular weight is 378 g/mol. The van der Waals surface area contributed by atoms with Crippen LogP contribution in [0.5, 0.6) is 0 Å². The SMILES string of the molecule is O=C(C1=C(O)C(=O)N(Cc2ccncc2)C1c1ccccc1F)c1ccco1. The van der Waals surface area contributed by atoms with Gasteiger partial charge >= 0.3 is 0 Å². The first-order valence-electron chi connectivity index (χ1n) is 8.53. The van der Waals surface area contributed by atoms with E-state index in [1.165, 1.54) is 41.5 Å². The summed E-state index contributed by atoms with van der Waals surface area (Å²) in [5.74, 6) is -2.74. The van der Waals surface area contributed by atoms with Gasteiger partial charge in [0.2, 0.25) is 5.78 Å². The second-order valence-electron chi connectivity index (χ2n) is 6.28. The Morgan fingerprint density at radius 2 is 1.89 bits per heavy atom. The Morgan fingerprint density at radius 3 is 2.57 bits per heavy atom. The standard InChI is InChI=1S/C21H15FN2O4/c22-15-5-2-1-4-14(15)18-17(19(25)16-6-3-11-28-16)20(26)21(27)24(18)12-13-7-9-23-10-8-13/h1-11,18,26H,12H2. The predicted molar refractivity (Wildman–Crippen MR) is 96.6 cm³/mol. The molecule has 1 aromatic carbocycles.